The molecular formula is C22H25BrClNO2. The topological polar surface area (TPSA) is 29.5 Å². The van der Waals surface area contributed by atoms with Crippen LogP contribution in [0.1, 0.15) is 44.7 Å². The molecule has 0 aromatic heterocycles. The number of halogens is 2. The van der Waals surface area contributed by atoms with Crippen LogP contribution in [0.5, 0.6) is 0 Å². The second-order valence-corrected chi connectivity index (χ2v) is 9.51. The van der Waals surface area contributed by atoms with Crippen LogP contribution in [0.4, 0.5) is 0 Å². The molecule has 2 aromatic carbocycles. The predicted octanol–water partition coefficient (Wildman–Crippen LogP) is 5.99. The Hall–Kier alpha value is -1.36. The normalized spacial score (nSPS) is 17.5. The molecule has 0 saturated carbocycles. The quantitative estimate of drug-likeness (QED) is 0.575. The fourth-order valence-corrected chi connectivity index (χ4v) is 3.89. The zero-order valence-corrected chi connectivity index (χ0v) is 18.3. The maximum atomic E-state index is 12.2. The molecule has 0 unspecified atom stereocenters. The Balaban J connectivity index is 1.86. The van der Waals surface area contributed by atoms with Crippen LogP contribution < -0.4 is 0 Å². The third-order valence-electron chi connectivity index (χ3n) is 5.19. The van der Waals surface area contributed by atoms with Gasteiger partial charge in [0.05, 0.1) is 5.41 Å². The summed E-state index contributed by atoms with van der Waals surface area (Å²) in [6.07, 6.45) is 1.74. The highest BCUT2D eigenvalue weighted by molar-refractivity contribution is 9.10. The van der Waals surface area contributed by atoms with E-state index in [9.17, 15) is 4.79 Å². The van der Waals surface area contributed by atoms with Crippen molar-refractivity contribution in [3.05, 3.63) is 69.2 Å². The maximum absolute atomic E-state index is 12.2. The second kappa shape index (κ2) is 7.94. The summed E-state index contributed by atoms with van der Waals surface area (Å²) in [5.74, 6) is -0.190. The molecule has 1 heterocycles. The molecule has 0 N–H and O–H groups in total. The van der Waals surface area contributed by atoms with Gasteiger partial charge in [-0.1, -0.05) is 51.8 Å². The molecule has 5 heteroatoms. The van der Waals surface area contributed by atoms with Crippen LogP contribution >= 0.6 is 27.5 Å². The van der Waals surface area contributed by atoms with Gasteiger partial charge in [-0.2, -0.15) is 0 Å². The molecule has 3 nitrogen and oxygen atoms in total. The molecule has 0 spiro atoms. The molecule has 1 aliphatic heterocycles. The number of hydroxylamine groups is 2. The molecule has 3 rings (SSSR count). The van der Waals surface area contributed by atoms with E-state index in [1.165, 1.54) is 11.1 Å². The second-order valence-electron chi connectivity index (χ2n) is 8.15. The van der Waals surface area contributed by atoms with Gasteiger partial charge in [-0.25, -0.2) is 4.79 Å². The lowest BCUT2D eigenvalue weighted by molar-refractivity contribution is -0.206. The summed E-state index contributed by atoms with van der Waals surface area (Å²) in [5.41, 5.74) is 1.90. The Morgan fingerprint density at radius 1 is 1.00 bits per heavy atom. The minimum atomic E-state index is -0.504. The Labute approximate surface area is 174 Å². The average molecular weight is 451 g/mol. The average Bonchev–Trinajstić information content (AvgIpc) is 2.63. The highest BCUT2D eigenvalue weighted by atomic mass is 79.9. The van der Waals surface area contributed by atoms with E-state index < -0.39 is 5.41 Å². The molecule has 1 saturated heterocycles. The van der Waals surface area contributed by atoms with Crippen molar-refractivity contribution in [2.75, 3.05) is 13.1 Å². The van der Waals surface area contributed by atoms with E-state index in [0.717, 1.165) is 22.3 Å². The first-order chi connectivity index (χ1) is 12.7. The zero-order valence-electron chi connectivity index (χ0n) is 16.0. The first-order valence-corrected chi connectivity index (χ1v) is 10.4. The van der Waals surface area contributed by atoms with Crippen molar-refractivity contribution in [3.63, 3.8) is 0 Å². The third kappa shape index (κ3) is 4.56. The SMILES string of the molecule is CC(C)(C)C(=O)ON1CCC(c2ccc(Cl)cc2)(c2ccc(Br)cc2)CC1. The van der Waals surface area contributed by atoms with Crippen LogP contribution in [0, 0.1) is 5.41 Å². The van der Waals surface area contributed by atoms with Crippen molar-refractivity contribution < 1.29 is 9.63 Å². The van der Waals surface area contributed by atoms with Crippen LogP contribution in [0.25, 0.3) is 0 Å². The zero-order chi connectivity index (χ0) is 19.7. The molecule has 2 aromatic rings. The van der Waals surface area contributed by atoms with E-state index in [1.807, 2.05) is 32.9 Å². The van der Waals surface area contributed by atoms with Gasteiger partial charge in [0.25, 0.3) is 0 Å². The highest BCUT2D eigenvalue weighted by Crippen LogP contribution is 2.42. The number of rotatable bonds is 3. The van der Waals surface area contributed by atoms with Gasteiger partial charge >= 0.3 is 5.97 Å². The van der Waals surface area contributed by atoms with Crippen molar-refractivity contribution in [3.8, 4) is 0 Å². The standard InChI is InChI=1S/C22H25BrClNO2/c1-21(2,3)20(26)27-25-14-12-22(13-15-25,16-4-8-18(23)9-5-16)17-6-10-19(24)11-7-17/h4-11H,12-15H2,1-3H3. The fraction of sp³-hybridized carbons (Fsp3) is 0.409. The predicted molar refractivity (Wildman–Crippen MR) is 113 cm³/mol. The van der Waals surface area contributed by atoms with Crippen molar-refractivity contribution in [2.45, 2.75) is 39.0 Å². The minimum Gasteiger partial charge on any atom is -0.367 e. The third-order valence-corrected chi connectivity index (χ3v) is 5.97. The number of carbonyl (C=O) groups excluding carboxylic acids is 1. The first kappa shape index (κ1) is 20.4. The van der Waals surface area contributed by atoms with Crippen LogP contribution in [-0.4, -0.2) is 24.1 Å². The van der Waals surface area contributed by atoms with Crippen LogP contribution in [0.15, 0.2) is 53.0 Å². The van der Waals surface area contributed by atoms with E-state index in [0.29, 0.717) is 13.1 Å². The Kier molecular flexibility index (Phi) is 5.99. The molecule has 0 atom stereocenters. The molecule has 0 amide bonds. The lowest BCUT2D eigenvalue weighted by atomic mass is 9.68. The molecule has 0 bridgehead atoms. The molecule has 0 radical (unpaired) electrons. The Morgan fingerprint density at radius 3 is 1.96 bits per heavy atom. The molecule has 1 aliphatic rings. The van der Waals surface area contributed by atoms with Gasteiger partial charge in [-0.3, -0.25) is 0 Å². The van der Waals surface area contributed by atoms with Gasteiger partial charge in [0.2, 0.25) is 0 Å². The number of nitrogens with zero attached hydrogens (tertiary/aromatic N) is 1. The van der Waals surface area contributed by atoms with Crippen molar-refractivity contribution in [2.24, 2.45) is 5.41 Å². The lowest BCUT2D eigenvalue weighted by Gasteiger charge is -2.42. The van der Waals surface area contributed by atoms with E-state index in [1.54, 1.807) is 5.06 Å². The van der Waals surface area contributed by atoms with Gasteiger partial charge in [0.1, 0.15) is 0 Å². The summed E-state index contributed by atoms with van der Waals surface area (Å²) in [6.45, 7) is 7.01. The van der Waals surface area contributed by atoms with Crippen LogP contribution in [0.3, 0.4) is 0 Å². The Bertz CT molecular complexity index is 741. The van der Waals surface area contributed by atoms with Crippen LogP contribution in [0.2, 0.25) is 5.02 Å². The summed E-state index contributed by atoms with van der Waals surface area (Å²) in [6, 6.07) is 16.6. The number of benzene rings is 2. The lowest BCUT2D eigenvalue weighted by Crippen LogP contribution is -2.45. The van der Waals surface area contributed by atoms with Crippen molar-refractivity contribution in [1.82, 2.24) is 5.06 Å². The number of carbonyl (C=O) groups is 1. The van der Waals surface area contributed by atoms with E-state index in [-0.39, 0.29) is 11.4 Å². The van der Waals surface area contributed by atoms with Gasteiger partial charge in [0, 0.05) is 28.0 Å². The van der Waals surface area contributed by atoms with Gasteiger partial charge in [0.15, 0.2) is 0 Å². The first-order valence-electron chi connectivity index (χ1n) is 9.20. The number of hydrogen-bond acceptors (Lipinski definition) is 3. The minimum absolute atomic E-state index is 0.115. The summed E-state index contributed by atoms with van der Waals surface area (Å²) in [7, 11) is 0. The van der Waals surface area contributed by atoms with E-state index in [4.69, 9.17) is 16.4 Å². The van der Waals surface area contributed by atoms with Crippen LogP contribution in [-0.2, 0) is 15.0 Å². The largest absolute Gasteiger partial charge is 0.367 e. The van der Waals surface area contributed by atoms with E-state index >= 15 is 0 Å². The Morgan fingerprint density at radius 2 is 1.48 bits per heavy atom. The molecule has 1 fully saturated rings. The van der Waals surface area contributed by atoms with E-state index in [2.05, 4.69) is 52.3 Å². The smallest absolute Gasteiger partial charge is 0.330 e. The van der Waals surface area contributed by atoms with Gasteiger partial charge < -0.3 is 4.84 Å². The summed E-state index contributed by atoms with van der Waals surface area (Å²) < 4.78 is 1.06. The maximum Gasteiger partial charge on any atom is 0.330 e. The molecule has 27 heavy (non-hydrogen) atoms. The fourth-order valence-electron chi connectivity index (χ4n) is 3.50. The summed E-state index contributed by atoms with van der Waals surface area (Å²) in [5, 5.41) is 2.54. The van der Waals surface area contributed by atoms with Gasteiger partial charge in [-0.05, 0) is 69.0 Å². The van der Waals surface area contributed by atoms with Gasteiger partial charge in [-0.15, -0.1) is 5.06 Å². The number of hydrogen-bond donors (Lipinski definition) is 0. The summed E-state index contributed by atoms with van der Waals surface area (Å²) >= 11 is 9.64. The number of piperidine rings is 1. The molecule has 144 valence electrons. The monoisotopic (exact) mass is 449 g/mol. The van der Waals surface area contributed by atoms with Crippen molar-refractivity contribution in [1.29, 1.82) is 0 Å². The molecular weight excluding hydrogens is 426 g/mol. The molecule has 0 aliphatic carbocycles. The highest BCUT2D eigenvalue weighted by Gasteiger charge is 2.39. The summed E-state index contributed by atoms with van der Waals surface area (Å²) in [4.78, 5) is 17.9. The van der Waals surface area contributed by atoms with Crippen molar-refractivity contribution >= 4 is 33.5 Å².